The quantitative estimate of drug-likeness (QED) is 0.737. The van der Waals surface area contributed by atoms with Gasteiger partial charge in [0.05, 0.1) is 18.8 Å². The molecule has 0 spiro atoms. The molecule has 0 amide bonds. The second-order valence-electron chi connectivity index (χ2n) is 5.15. The molecule has 4 aliphatic rings. The van der Waals surface area contributed by atoms with Crippen LogP contribution in [-0.2, 0) is 9.57 Å². The van der Waals surface area contributed by atoms with Crippen molar-refractivity contribution in [2.45, 2.75) is 55.9 Å². The number of thioether (sulfide) groups is 1. The van der Waals surface area contributed by atoms with Crippen molar-refractivity contribution in [2.24, 2.45) is 11.1 Å². The summed E-state index contributed by atoms with van der Waals surface area (Å²) in [7, 11) is 0. The number of fused-ring (bicyclic) bond motifs is 3. The van der Waals surface area contributed by atoms with Crippen molar-refractivity contribution in [3.63, 3.8) is 0 Å². The highest BCUT2D eigenvalue weighted by molar-refractivity contribution is 8.14. The molecule has 4 fully saturated rings. The fourth-order valence-electron chi connectivity index (χ4n) is 2.78. The molecule has 3 heterocycles. The molecule has 3 aliphatic heterocycles. The molecule has 5 atom stereocenters. The SMILES string of the molecule is OC1C2CCC(C(=NOC3CCCCO3)S2)C1O. The van der Waals surface area contributed by atoms with E-state index in [1.165, 1.54) is 0 Å². The molecule has 0 aromatic rings. The summed E-state index contributed by atoms with van der Waals surface area (Å²) in [6, 6.07) is 0. The van der Waals surface area contributed by atoms with Crippen LogP contribution in [-0.4, -0.2) is 45.6 Å². The minimum Gasteiger partial charge on any atom is -0.390 e. The molecule has 102 valence electrons. The van der Waals surface area contributed by atoms with Gasteiger partial charge in [-0.05, 0) is 25.7 Å². The van der Waals surface area contributed by atoms with Gasteiger partial charge < -0.3 is 19.8 Å². The number of hydrogen-bond donors (Lipinski definition) is 2. The van der Waals surface area contributed by atoms with Crippen LogP contribution in [0.4, 0.5) is 0 Å². The molecule has 2 bridgehead atoms. The number of oxime groups is 1. The molecule has 18 heavy (non-hydrogen) atoms. The number of rotatable bonds is 2. The van der Waals surface area contributed by atoms with E-state index >= 15 is 0 Å². The molecule has 4 rings (SSSR count). The van der Waals surface area contributed by atoms with Crippen LogP contribution in [0.15, 0.2) is 5.16 Å². The third kappa shape index (κ3) is 2.39. The lowest BCUT2D eigenvalue weighted by Gasteiger charge is -2.43. The summed E-state index contributed by atoms with van der Waals surface area (Å²) in [6.07, 6.45) is 3.32. The number of nitrogens with zero attached hydrogens (tertiary/aromatic N) is 1. The third-order valence-corrected chi connectivity index (χ3v) is 5.33. The Balaban J connectivity index is 1.62. The Labute approximate surface area is 111 Å². The topological polar surface area (TPSA) is 71.3 Å². The Hall–Kier alpha value is -0.300. The van der Waals surface area contributed by atoms with Crippen molar-refractivity contribution in [3.05, 3.63) is 0 Å². The van der Waals surface area contributed by atoms with Gasteiger partial charge in [0, 0.05) is 17.6 Å². The highest BCUT2D eigenvalue weighted by Gasteiger charge is 2.47. The van der Waals surface area contributed by atoms with Crippen molar-refractivity contribution < 1.29 is 19.8 Å². The summed E-state index contributed by atoms with van der Waals surface area (Å²) >= 11 is 1.54. The van der Waals surface area contributed by atoms with Crippen molar-refractivity contribution >= 4 is 16.8 Å². The molecule has 5 nitrogen and oxygen atoms in total. The van der Waals surface area contributed by atoms with Crippen LogP contribution in [0.2, 0.25) is 0 Å². The van der Waals surface area contributed by atoms with Gasteiger partial charge in [0.1, 0.15) is 5.04 Å². The van der Waals surface area contributed by atoms with Crippen LogP contribution in [0.25, 0.3) is 0 Å². The number of aliphatic hydroxyl groups is 2. The molecule has 6 heteroatoms. The minimum absolute atomic E-state index is 0.0552. The van der Waals surface area contributed by atoms with Gasteiger partial charge in [0.2, 0.25) is 6.29 Å². The van der Waals surface area contributed by atoms with Crippen molar-refractivity contribution in [2.75, 3.05) is 6.61 Å². The van der Waals surface area contributed by atoms with E-state index in [9.17, 15) is 10.2 Å². The summed E-state index contributed by atoms with van der Waals surface area (Å²) in [4.78, 5) is 5.41. The summed E-state index contributed by atoms with van der Waals surface area (Å²) in [5.41, 5.74) is 0. The smallest absolute Gasteiger partial charge is 0.226 e. The largest absolute Gasteiger partial charge is 0.390 e. The van der Waals surface area contributed by atoms with E-state index < -0.39 is 12.2 Å². The van der Waals surface area contributed by atoms with E-state index in [1.807, 2.05) is 0 Å². The molecular weight excluding hydrogens is 254 g/mol. The lowest BCUT2D eigenvalue weighted by molar-refractivity contribution is -0.162. The van der Waals surface area contributed by atoms with Crippen LogP contribution in [0.3, 0.4) is 0 Å². The third-order valence-electron chi connectivity index (χ3n) is 3.89. The van der Waals surface area contributed by atoms with E-state index in [-0.39, 0.29) is 17.5 Å². The van der Waals surface area contributed by atoms with Gasteiger partial charge >= 0.3 is 0 Å². The van der Waals surface area contributed by atoms with E-state index in [1.54, 1.807) is 11.8 Å². The van der Waals surface area contributed by atoms with Crippen LogP contribution in [0.5, 0.6) is 0 Å². The van der Waals surface area contributed by atoms with Crippen molar-refractivity contribution in [3.8, 4) is 0 Å². The first-order valence-corrected chi connectivity index (χ1v) is 7.52. The summed E-state index contributed by atoms with van der Waals surface area (Å²) in [6.45, 7) is 0.732. The Bertz CT molecular complexity index is 330. The van der Waals surface area contributed by atoms with E-state index in [0.717, 1.165) is 43.8 Å². The predicted molar refractivity (Wildman–Crippen MR) is 68.2 cm³/mol. The first-order chi connectivity index (χ1) is 8.75. The monoisotopic (exact) mass is 273 g/mol. The predicted octanol–water partition coefficient (Wildman–Crippen LogP) is 1.09. The van der Waals surface area contributed by atoms with Crippen molar-refractivity contribution in [1.82, 2.24) is 0 Å². The average molecular weight is 273 g/mol. The van der Waals surface area contributed by atoms with Crippen LogP contribution in [0.1, 0.15) is 32.1 Å². The molecule has 0 aromatic carbocycles. The summed E-state index contributed by atoms with van der Waals surface area (Å²) < 4.78 is 5.45. The maximum atomic E-state index is 9.94. The molecule has 5 unspecified atom stereocenters. The van der Waals surface area contributed by atoms with E-state index in [2.05, 4.69) is 5.16 Å². The molecular formula is C12H19NO4S. The Morgan fingerprint density at radius 1 is 1.17 bits per heavy atom. The van der Waals surface area contributed by atoms with Gasteiger partial charge in [-0.2, -0.15) is 0 Å². The normalized spacial score (nSPS) is 46.3. The molecule has 3 saturated heterocycles. The molecule has 0 radical (unpaired) electrons. The molecule has 1 saturated carbocycles. The lowest BCUT2D eigenvalue weighted by atomic mass is 9.84. The zero-order valence-electron chi connectivity index (χ0n) is 10.2. The van der Waals surface area contributed by atoms with Crippen LogP contribution < -0.4 is 0 Å². The first kappa shape index (κ1) is 12.7. The summed E-state index contributed by atoms with van der Waals surface area (Å²) in [5, 5.41) is 24.8. The zero-order chi connectivity index (χ0) is 12.5. The van der Waals surface area contributed by atoms with E-state index in [4.69, 9.17) is 9.57 Å². The van der Waals surface area contributed by atoms with Gasteiger partial charge in [0.25, 0.3) is 0 Å². The number of ether oxygens (including phenoxy) is 1. The Morgan fingerprint density at radius 3 is 2.78 bits per heavy atom. The molecule has 0 aromatic heterocycles. The van der Waals surface area contributed by atoms with Gasteiger partial charge in [-0.3, -0.25) is 0 Å². The zero-order valence-corrected chi connectivity index (χ0v) is 11.0. The second kappa shape index (κ2) is 5.36. The Kier molecular flexibility index (Phi) is 3.79. The second-order valence-corrected chi connectivity index (χ2v) is 6.41. The van der Waals surface area contributed by atoms with Crippen LogP contribution in [0, 0.1) is 5.92 Å². The lowest BCUT2D eigenvalue weighted by Crippen LogP contribution is -2.52. The number of aliphatic hydroxyl groups excluding tert-OH is 2. The van der Waals surface area contributed by atoms with Gasteiger partial charge in [0.15, 0.2) is 0 Å². The van der Waals surface area contributed by atoms with Gasteiger partial charge in [-0.15, -0.1) is 11.8 Å². The fourth-order valence-corrected chi connectivity index (χ4v) is 4.16. The number of hydrogen-bond acceptors (Lipinski definition) is 6. The Morgan fingerprint density at radius 2 is 2.06 bits per heavy atom. The van der Waals surface area contributed by atoms with Crippen molar-refractivity contribution in [1.29, 1.82) is 0 Å². The maximum absolute atomic E-state index is 9.94. The highest BCUT2D eigenvalue weighted by Crippen LogP contribution is 2.43. The fraction of sp³-hybridized carbons (Fsp3) is 0.917. The highest BCUT2D eigenvalue weighted by atomic mass is 32.2. The standard InChI is InChI=1S/C12H19NO4S/c14-10-7-4-5-8(11(10)15)18-12(7)13-17-9-3-1-2-6-16-9/h7-11,14-15H,1-6H2. The summed E-state index contributed by atoms with van der Waals surface area (Å²) in [5.74, 6) is -0.0707. The average Bonchev–Trinajstić information content (AvgIpc) is 2.43. The van der Waals surface area contributed by atoms with E-state index in [0.29, 0.717) is 0 Å². The minimum atomic E-state index is -0.695. The molecule has 2 N–H and O–H groups in total. The first-order valence-electron chi connectivity index (χ1n) is 6.64. The maximum Gasteiger partial charge on any atom is 0.226 e. The van der Waals surface area contributed by atoms with Gasteiger partial charge in [-0.25, -0.2) is 0 Å². The molecule has 1 aliphatic carbocycles. The van der Waals surface area contributed by atoms with Gasteiger partial charge in [-0.1, -0.05) is 5.16 Å². The van der Waals surface area contributed by atoms with Crippen LogP contribution >= 0.6 is 11.8 Å².